The third-order valence-electron chi connectivity index (χ3n) is 3.04. The number of benzene rings is 1. The van der Waals surface area contributed by atoms with E-state index < -0.39 is 0 Å². The number of thiazole rings is 1. The van der Waals surface area contributed by atoms with Crippen molar-refractivity contribution in [2.75, 3.05) is 12.8 Å². The van der Waals surface area contributed by atoms with Crippen LogP contribution >= 0.6 is 23.1 Å². The van der Waals surface area contributed by atoms with Gasteiger partial charge in [-0.05, 0) is 38.8 Å². The molecule has 1 heterocycles. The molecule has 102 valence electrons. The first-order valence-electron chi connectivity index (χ1n) is 6.52. The molecule has 0 aliphatic carbocycles. The normalized spacial score (nSPS) is 12.6. The van der Waals surface area contributed by atoms with E-state index in [0.29, 0.717) is 6.04 Å². The average molecular weight is 292 g/mol. The Balaban J connectivity index is 2.40. The van der Waals surface area contributed by atoms with Crippen molar-refractivity contribution >= 4 is 23.1 Å². The van der Waals surface area contributed by atoms with Crippen molar-refractivity contribution in [3.8, 4) is 11.3 Å². The first kappa shape index (κ1) is 14.6. The molecule has 19 heavy (non-hydrogen) atoms. The quantitative estimate of drug-likeness (QED) is 0.821. The summed E-state index contributed by atoms with van der Waals surface area (Å²) >= 11 is 3.60. The number of thioether (sulfide) groups is 1. The lowest BCUT2D eigenvalue weighted by Gasteiger charge is -2.08. The Morgan fingerprint density at radius 1 is 1.42 bits per heavy atom. The molecule has 2 nitrogen and oxygen atoms in total. The van der Waals surface area contributed by atoms with Gasteiger partial charge >= 0.3 is 0 Å². The number of nitrogens with one attached hydrogen (secondary N) is 1. The van der Waals surface area contributed by atoms with Crippen molar-refractivity contribution in [1.82, 2.24) is 10.3 Å². The van der Waals surface area contributed by atoms with E-state index in [-0.39, 0.29) is 0 Å². The highest BCUT2D eigenvalue weighted by atomic mass is 32.2. The Hall–Kier alpha value is -0.840. The summed E-state index contributed by atoms with van der Waals surface area (Å²) in [5, 5.41) is 6.55. The van der Waals surface area contributed by atoms with Crippen LogP contribution in [-0.2, 0) is 0 Å². The molecule has 2 aromatic rings. The van der Waals surface area contributed by atoms with Crippen LogP contribution in [0.4, 0.5) is 0 Å². The summed E-state index contributed by atoms with van der Waals surface area (Å²) in [5.74, 6) is 1.08. The van der Waals surface area contributed by atoms with Gasteiger partial charge in [0.1, 0.15) is 5.01 Å². The highest BCUT2D eigenvalue weighted by molar-refractivity contribution is 7.99. The highest BCUT2D eigenvalue weighted by Gasteiger charge is 2.12. The van der Waals surface area contributed by atoms with E-state index in [9.17, 15) is 0 Å². The molecule has 4 heteroatoms. The van der Waals surface area contributed by atoms with Crippen LogP contribution < -0.4 is 5.32 Å². The van der Waals surface area contributed by atoms with Gasteiger partial charge in [-0.15, -0.1) is 23.1 Å². The maximum absolute atomic E-state index is 4.78. The fourth-order valence-electron chi connectivity index (χ4n) is 1.86. The first-order chi connectivity index (χ1) is 9.15. The number of hydrogen-bond acceptors (Lipinski definition) is 4. The molecule has 0 bridgehead atoms. The van der Waals surface area contributed by atoms with Gasteiger partial charge in [-0.1, -0.05) is 18.6 Å². The van der Waals surface area contributed by atoms with Crippen LogP contribution in [0.3, 0.4) is 0 Å². The second-order valence-corrected chi connectivity index (χ2v) is 6.71. The summed E-state index contributed by atoms with van der Waals surface area (Å²) in [6.07, 6.45) is 0. The minimum Gasteiger partial charge on any atom is -0.311 e. The maximum Gasteiger partial charge on any atom is 0.110 e. The van der Waals surface area contributed by atoms with Crippen LogP contribution in [0.1, 0.15) is 30.5 Å². The van der Waals surface area contributed by atoms with Crippen LogP contribution in [0.5, 0.6) is 0 Å². The van der Waals surface area contributed by atoms with Crippen molar-refractivity contribution in [3.05, 3.63) is 34.2 Å². The molecular formula is C15H20N2S2. The van der Waals surface area contributed by atoms with Crippen LogP contribution in [-0.4, -0.2) is 17.8 Å². The van der Waals surface area contributed by atoms with Crippen LogP contribution in [0.2, 0.25) is 0 Å². The van der Waals surface area contributed by atoms with Crippen molar-refractivity contribution in [3.63, 3.8) is 0 Å². The fourth-order valence-corrected chi connectivity index (χ4v) is 3.54. The van der Waals surface area contributed by atoms with Gasteiger partial charge in [0, 0.05) is 15.8 Å². The molecule has 0 aliphatic rings. The molecule has 1 atom stereocenters. The number of nitrogens with zero attached hydrogens (tertiary/aromatic N) is 1. The van der Waals surface area contributed by atoms with Gasteiger partial charge < -0.3 is 5.32 Å². The fraction of sp³-hybridized carbons (Fsp3) is 0.400. The van der Waals surface area contributed by atoms with E-state index in [0.717, 1.165) is 16.5 Å². The molecule has 0 saturated heterocycles. The van der Waals surface area contributed by atoms with E-state index in [1.807, 2.05) is 18.8 Å². The van der Waals surface area contributed by atoms with E-state index >= 15 is 0 Å². The van der Waals surface area contributed by atoms with Crippen molar-refractivity contribution in [2.45, 2.75) is 31.7 Å². The third kappa shape index (κ3) is 3.38. The van der Waals surface area contributed by atoms with Gasteiger partial charge in [0.05, 0.1) is 11.7 Å². The summed E-state index contributed by atoms with van der Waals surface area (Å²) in [6.45, 7) is 6.46. The van der Waals surface area contributed by atoms with E-state index in [1.165, 1.54) is 16.0 Å². The number of aromatic nitrogens is 1. The Morgan fingerprint density at radius 2 is 2.21 bits per heavy atom. The largest absolute Gasteiger partial charge is 0.311 e. The monoisotopic (exact) mass is 292 g/mol. The standard InChI is InChI=1S/C15H20N2S2/c1-5-18-14-7-6-10(2)8-12(14)13-9-19-15(17-13)11(3)16-4/h6-9,11,16H,5H2,1-4H3. The second kappa shape index (κ2) is 6.55. The van der Waals surface area contributed by atoms with E-state index in [2.05, 4.69) is 49.7 Å². The molecule has 1 aromatic carbocycles. The van der Waals surface area contributed by atoms with Gasteiger partial charge in [0.25, 0.3) is 0 Å². The molecule has 0 spiro atoms. The Kier molecular flexibility index (Phi) is 5.02. The van der Waals surface area contributed by atoms with Gasteiger partial charge in [-0.3, -0.25) is 0 Å². The maximum atomic E-state index is 4.78. The highest BCUT2D eigenvalue weighted by Crippen LogP contribution is 2.33. The van der Waals surface area contributed by atoms with Crippen LogP contribution in [0.15, 0.2) is 28.5 Å². The smallest absolute Gasteiger partial charge is 0.110 e. The summed E-state index contributed by atoms with van der Waals surface area (Å²) in [6, 6.07) is 6.93. The molecule has 0 aliphatic heterocycles. The molecule has 0 fully saturated rings. The molecular weight excluding hydrogens is 272 g/mol. The predicted molar refractivity (Wildman–Crippen MR) is 86.2 cm³/mol. The van der Waals surface area contributed by atoms with Gasteiger partial charge in [0.15, 0.2) is 0 Å². The molecule has 1 N–H and O–H groups in total. The van der Waals surface area contributed by atoms with E-state index in [1.54, 1.807) is 11.3 Å². The van der Waals surface area contributed by atoms with Crippen molar-refractivity contribution in [2.24, 2.45) is 0 Å². The van der Waals surface area contributed by atoms with Crippen molar-refractivity contribution in [1.29, 1.82) is 0 Å². The van der Waals surface area contributed by atoms with Gasteiger partial charge in [-0.25, -0.2) is 4.98 Å². The zero-order chi connectivity index (χ0) is 13.8. The number of aryl methyl sites for hydroxylation is 1. The number of hydrogen-bond donors (Lipinski definition) is 1. The predicted octanol–water partition coefficient (Wildman–Crippen LogP) is 4.51. The molecule has 0 saturated carbocycles. The Morgan fingerprint density at radius 3 is 2.89 bits per heavy atom. The summed E-state index contributed by atoms with van der Waals surface area (Å²) in [5.41, 5.74) is 3.64. The van der Waals surface area contributed by atoms with Gasteiger partial charge in [-0.2, -0.15) is 0 Å². The van der Waals surface area contributed by atoms with Crippen LogP contribution in [0, 0.1) is 6.92 Å². The third-order valence-corrected chi connectivity index (χ3v) is 5.02. The van der Waals surface area contributed by atoms with Gasteiger partial charge in [0.2, 0.25) is 0 Å². The molecule has 0 amide bonds. The Bertz CT molecular complexity index is 549. The molecule has 1 aromatic heterocycles. The lowest BCUT2D eigenvalue weighted by atomic mass is 10.1. The zero-order valence-corrected chi connectivity index (χ0v) is 13.5. The minimum atomic E-state index is 0.311. The topological polar surface area (TPSA) is 24.9 Å². The second-order valence-electron chi connectivity index (χ2n) is 4.51. The average Bonchev–Trinajstić information content (AvgIpc) is 2.89. The number of rotatable bonds is 5. The van der Waals surface area contributed by atoms with Crippen molar-refractivity contribution < 1.29 is 0 Å². The molecule has 1 unspecified atom stereocenters. The lowest BCUT2D eigenvalue weighted by molar-refractivity contribution is 0.648. The SMILES string of the molecule is CCSc1ccc(C)cc1-c1csc(C(C)NC)n1. The lowest BCUT2D eigenvalue weighted by Crippen LogP contribution is -2.11. The van der Waals surface area contributed by atoms with E-state index in [4.69, 9.17) is 4.98 Å². The zero-order valence-electron chi connectivity index (χ0n) is 11.9. The van der Waals surface area contributed by atoms with Crippen LogP contribution in [0.25, 0.3) is 11.3 Å². The summed E-state index contributed by atoms with van der Waals surface area (Å²) in [4.78, 5) is 6.10. The summed E-state index contributed by atoms with van der Waals surface area (Å²) < 4.78 is 0. The summed E-state index contributed by atoms with van der Waals surface area (Å²) in [7, 11) is 1.97. The molecule has 2 rings (SSSR count). The Labute approximate surface area is 123 Å². The minimum absolute atomic E-state index is 0.311. The molecule has 0 radical (unpaired) electrons. The first-order valence-corrected chi connectivity index (χ1v) is 8.38.